The van der Waals surface area contributed by atoms with E-state index in [0.717, 1.165) is 5.56 Å². The number of nitrogens with one attached hydrogen (secondary N) is 1. The summed E-state index contributed by atoms with van der Waals surface area (Å²) >= 11 is 13.4. The van der Waals surface area contributed by atoms with Gasteiger partial charge in [-0.05, 0) is 33.0 Å². The number of nitrogens with zero attached hydrogens (tertiary/aromatic N) is 3. The van der Waals surface area contributed by atoms with Gasteiger partial charge in [0.25, 0.3) is 0 Å². The number of rotatable bonds is 9. The van der Waals surface area contributed by atoms with Gasteiger partial charge in [0.15, 0.2) is 5.13 Å². The van der Waals surface area contributed by atoms with Crippen LogP contribution in [0, 0.1) is 0 Å². The molecule has 1 heterocycles. The van der Waals surface area contributed by atoms with Crippen LogP contribution in [0.2, 0.25) is 10.0 Å². The third-order valence-electron chi connectivity index (χ3n) is 3.82. The quantitative estimate of drug-likeness (QED) is 0.579. The van der Waals surface area contributed by atoms with Gasteiger partial charge in [-0.1, -0.05) is 35.3 Å². The zero-order chi connectivity index (χ0) is 21.6. The maximum absolute atomic E-state index is 12.8. The molecule has 2 rings (SSSR count). The smallest absolute Gasteiger partial charge is 0.243 e. The first kappa shape index (κ1) is 23.3. The zero-order valence-corrected chi connectivity index (χ0v) is 18.9. The highest BCUT2D eigenvalue weighted by atomic mass is 35.5. The first-order chi connectivity index (χ1) is 13.7. The highest BCUT2D eigenvalue weighted by molar-refractivity contribution is 7.14. The van der Waals surface area contributed by atoms with Crippen LogP contribution in [0.3, 0.4) is 0 Å². The fraction of sp³-hybridized carbons (Fsp3) is 0.350. The van der Waals surface area contributed by atoms with Crippen LogP contribution in [0.4, 0.5) is 5.13 Å². The highest BCUT2D eigenvalue weighted by Gasteiger charge is 2.21. The molecule has 0 saturated carbocycles. The lowest BCUT2D eigenvalue weighted by Crippen LogP contribution is -2.44. The van der Waals surface area contributed by atoms with Crippen LogP contribution < -0.4 is 10.2 Å². The minimum atomic E-state index is -0.167. The molecule has 2 amide bonds. The van der Waals surface area contributed by atoms with E-state index in [4.69, 9.17) is 23.2 Å². The summed E-state index contributed by atoms with van der Waals surface area (Å²) in [4.78, 5) is 32.5. The Balaban J connectivity index is 2.11. The van der Waals surface area contributed by atoms with E-state index < -0.39 is 0 Å². The molecule has 0 fully saturated rings. The Labute approximate surface area is 185 Å². The average molecular weight is 455 g/mol. The van der Waals surface area contributed by atoms with Crippen molar-refractivity contribution in [2.24, 2.45) is 0 Å². The zero-order valence-electron chi connectivity index (χ0n) is 16.6. The van der Waals surface area contributed by atoms with Gasteiger partial charge in [-0.2, -0.15) is 0 Å². The Bertz CT molecular complexity index is 885. The molecular weight excluding hydrogens is 431 g/mol. The Morgan fingerprint density at radius 3 is 2.62 bits per heavy atom. The molecule has 0 saturated heterocycles. The Morgan fingerprint density at radius 1 is 1.28 bits per heavy atom. The molecule has 0 aliphatic rings. The van der Waals surface area contributed by atoms with Gasteiger partial charge in [0, 0.05) is 23.5 Å². The molecule has 0 bridgehead atoms. The number of thiazole rings is 1. The number of anilines is 1. The third-order valence-corrected chi connectivity index (χ3v) is 5.42. The SMILES string of the molecule is C=CCN(C(=O)CN(C)CC(=O)NC(C)C)c1nc(-c2ccc(Cl)c(Cl)c2)cs1. The first-order valence-corrected chi connectivity index (χ1v) is 10.6. The molecule has 0 aliphatic carbocycles. The van der Waals surface area contributed by atoms with Crippen LogP contribution in [0.25, 0.3) is 11.3 Å². The molecule has 6 nitrogen and oxygen atoms in total. The fourth-order valence-corrected chi connectivity index (χ4v) is 3.74. The van der Waals surface area contributed by atoms with Gasteiger partial charge in [0.2, 0.25) is 11.8 Å². The number of amides is 2. The van der Waals surface area contributed by atoms with Gasteiger partial charge in [0.1, 0.15) is 0 Å². The van der Waals surface area contributed by atoms with Crippen LogP contribution in [-0.2, 0) is 9.59 Å². The lowest BCUT2D eigenvalue weighted by atomic mass is 10.2. The normalized spacial score (nSPS) is 11.0. The number of halogens is 2. The number of hydrogen-bond acceptors (Lipinski definition) is 5. The summed E-state index contributed by atoms with van der Waals surface area (Å²) in [6, 6.07) is 5.33. The minimum Gasteiger partial charge on any atom is -0.353 e. The monoisotopic (exact) mass is 454 g/mol. The van der Waals surface area contributed by atoms with Crippen LogP contribution in [0.1, 0.15) is 13.8 Å². The van der Waals surface area contributed by atoms with Crippen molar-refractivity contribution in [3.05, 3.63) is 46.3 Å². The number of carbonyl (C=O) groups excluding carboxylic acids is 2. The molecule has 0 atom stereocenters. The molecule has 2 aromatic rings. The van der Waals surface area contributed by atoms with Crippen molar-refractivity contribution in [3.63, 3.8) is 0 Å². The molecule has 0 aliphatic heterocycles. The molecule has 0 spiro atoms. The molecule has 1 aromatic heterocycles. The lowest BCUT2D eigenvalue weighted by molar-refractivity contribution is -0.123. The van der Waals surface area contributed by atoms with E-state index in [0.29, 0.717) is 27.4 Å². The van der Waals surface area contributed by atoms with Gasteiger partial charge in [0.05, 0.1) is 28.8 Å². The topological polar surface area (TPSA) is 65.5 Å². The second-order valence-corrected chi connectivity index (χ2v) is 8.48. The molecular formula is C20H24Cl2N4O2S. The van der Waals surface area contributed by atoms with E-state index in [1.165, 1.54) is 11.3 Å². The number of hydrogen-bond donors (Lipinski definition) is 1. The molecule has 1 N–H and O–H groups in total. The summed E-state index contributed by atoms with van der Waals surface area (Å²) in [6.07, 6.45) is 1.64. The molecule has 0 unspecified atom stereocenters. The first-order valence-electron chi connectivity index (χ1n) is 9.01. The summed E-state index contributed by atoms with van der Waals surface area (Å²) < 4.78 is 0. The Morgan fingerprint density at radius 2 is 2.00 bits per heavy atom. The third kappa shape index (κ3) is 6.82. The second-order valence-electron chi connectivity index (χ2n) is 6.83. The van der Waals surface area contributed by atoms with E-state index in [1.807, 2.05) is 25.3 Å². The number of carbonyl (C=O) groups is 2. The summed E-state index contributed by atoms with van der Waals surface area (Å²) in [5, 5.41) is 6.14. The largest absolute Gasteiger partial charge is 0.353 e. The second kappa shape index (κ2) is 10.7. The van der Waals surface area contributed by atoms with Gasteiger partial charge in [-0.25, -0.2) is 4.98 Å². The van der Waals surface area contributed by atoms with Crippen LogP contribution >= 0.6 is 34.5 Å². The predicted molar refractivity (Wildman–Crippen MR) is 121 cm³/mol. The standard InChI is InChI=1S/C20H24Cl2N4O2S/c1-5-8-26(19(28)11-25(4)10-18(27)23-13(2)3)20-24-17(12-29-20)14-6-7-15(21)16(22)9-14/h5-7,9,12-13H,1,8,10-11H2,2-4H3,(H,23,27). The summed E-state index contributed by atoms with van der Waals surface area (Å²) in [7, 11) is 1.73. The van der Waals surface area contributed by atoms with E-state index >= 15 is 0 Å². The number of likely N-dealkylation sites (N-methyl/N-ethyl adjacent to an activating group) is 1. The van der Waals surface area contributed by atoms with Crippen molar-refractivity contribution in [1.82, 2.24) is 15.2 Å². The van der Waals surface area contributed by atoms with Gasteiger partial charge in [-0.3, -0.25) is 19.4 Å². The maximum Gasteiger partial charge on any atom is 0.243 e. The summed E-state index contributed by atoms with van der Waals surface area (Å²) in [6.45, 7) is 8.05. The molecule has 1 aromatic carbocycles. The van der Waals surface area contributed by atoms with E-state index in [1.54, 1.807) is 35.1 Å². The maximum atomic E-state index is 12.8. The van der Waals surface area contributed by atoms with Crippen molar-refractivity contribution in [2.45, 2.75) is 19.9 Å². The Hall–Kier alpha value is -1.93. The van der Waals surface area contributed by atoms with E-state index in [-0.39, 0.29) is 30.9 Å². The fourth-order valence-electron chi connectivity index (χ4n) is 2.58. The van der Waals surface area contributed by atoms with Gasteiger partial charge >= 0.3 is 0 Å². The molecule has 9 heteroatoms. The van der Waals surface area contributed by atoms with Crippen LogP contribution in [0.15, 0.2) is 36.2 Å². The molecule has 156 valence electrons. The van der Waals surface area contributed by atoms with Crippen molar-refractivity contribution in [3.8, 4) is 11.3 Å². The van der Waals surface area contributed by atoms with Crippen molar-refractivity contribution in [2.75, 3.05) is 31.6 Å². The van der Waals surface area contributed by atoms with Crippen molar-refractivity contribution in [1.29, 1.82) is 0 Å². The summed E-state index contributed by atoms with van der Waals surface area (Å²) in [5.41, 5.74) is 1.52. The molecule has 0 radical (unpaired) electrons. The van der Waals surface area contributed by atoms with E-state index in [9.17, 15) is 9.59 Å². The van der Waals surface area contributed by atoms with Gasteiger partial charge < -0.3 is 5.32 Å². The average Bonchev–Trinajstić information content (AvgIpc) is 3.10. The number of aromatic nitrogens is 1. The van der Waals surface area contributed by atoms with Gasteiger partial charge in [-0.15, -0.1) is 17.9 Å². The Kier molecular flexibility index (Phi) is 8.64. The molecule has 29 heavy (non-hydrogen) atoms. The predicted octanol–water partition coefficient (Wildman–Crippen LogP) is 4.09. The number of benzene rings is 1. The van der Waals surface area contributed by atoms with Crippen LogP contribution in [0.5, 0.6) is 0 Å². The van der Waals surface area contributed by atoms with E-state index in [2.05, 4.69) is 16.9 Å². The van der Waals surface area contributed by atoms with Crippen molar-refractivity contribution >= 4 is 51.5 Å². The summed E-state index contributed by atoms with van der Waals surface area (Å²) in [5.74, 6) is -0.290. The minimum absolute atomic E-state index is 0.0546. The van der Waals surface area contributed by atoms with Crippen molar-refractivity contribution < 1.29 is 9.59 Å². The van der Waals surface area contributed by atoms with Crippen LogP contribution in [-0.4, -0.2) is 54.4 Å². The lowest BCUT2D eigenvalue weighted by Gasteiger charge is -2.22. The highest BCUT2D eigenvalue weighted by Crippen LogP contribution is 2.31.